The molecule has 1 fully saturated rings. The van der Waals surface area contributed by atoms with Crippen LogP contribution in [-0.2, 0) is 20.0 Å². The zero-order valence-electron chi connectivity index (χ0n) is 19.0. The molecule has 1 atom stereocenters. The number of likely N-dealkylation sites (tertiary alicyclic amines) is 1. The van der Waals surface area contributed by atoms with Crippen LogP contribution >= 0.6 is 0 Å². The molecule has 1 aliphatic rings. The Morgan fingerprint density at radius 1 is 1.22 bits per heavy atom. The first-order valence-electron chi connectivity index (χ1n) is 11.2. The summed E-state index contributed by atoms with van der Waals surface area (Å²) in [5.41, 5.74) is 2.93. The molecule has 0 spiro atoms. The standard InChI is InChI=1S/C25H31FN4O2/c1-18-21(17-29(3)27-18)16-28(2)23(15-20-7-4-5-8-22(20)26)19-10-12-30(13-11-19)25(31)24-9-6-14-32-24/h4-9,14,17,19,23H,10-13,15-16H2,1-3H3. The molecule has 170 valence electrons. The van der Waals surface area contributed by atoms with Crippen LogP contribution < -0.4 is 0 Å². The third-order valence-corrected chi connectivity index (χ3v) is 6.59. The number of aromatic nitrogens is 2. The van der Waals surface area contributed by atoms with Crippen LogP contribution in [0.1, 0.15) is 40.2 Å². The van der Waals surface area contributed by atoms with E-state index in [0.717, 1.165) is 30.6 Å². The Balaban J connectivity index is 1.49. The van der Waals surface area contributed by atoms with Crippen molar-refractivity contribution in [3.8, 4) is 0 Å². The normalized spacial score (nSPS) is 16.0. The summed E-state index contributed by atoms with van der Waals surface area (Å²) in [6.45, 7) is 4.13. The van der Waals surface area contributed by atoms with Gasteiger partial charge in [0, 0.05) is 44.5 Å². The number of halogens is 1. The van der Waals surface area contributed by atoms with Crippen molar-refractivity contribution in [1.82, 2.24) is 19.6 Å². The van der Waals surface area contributed by atoms with Gasteiger partial charge in [-0.3, -0.25) is 14.4 Å². The van der Waals surface area contributed by atoms with Gasteiger partial charge in [-0.15, -0.1) is 0 Å². The van der Waals surface area contributed by atoms with Crippen molar-refractivity contribution in [3.63, 3.8) is 0 Å². The second-order valence-corrected chi connectivity index (χ2v) is 8.80. The second-order valence-electron chi connectivity index (χ2n) is 8.80. The minimum Gasteiger partial charge on any atom is -0.459 e. The maximum Gasteiger partial charge on any atom is 0.289 e. The van der Waals surface area contributed by atoms with Crippen molar-refractivity contribution < 1.29 is 13.6 Å². The molecule has 6 nitrogen and oxygen atoms in total. The number of rotatable bonds is 7. The third-order valence-electron chi connectivity index (χ3n) is 6.59. The summed E-state index contributed by atoms with van der Waals surface area (Å²) in [5.74, 6) is 0.528. The molecule has 1 aliphatic heterocycles. The Bertz CT molecular complexity index is 1040. The zero-order chi connectivity index (χ0) is 22.7. The number of benzene rings is 1. The lowest BCUT2D eigenvalue weighted by Crippen LogP contribution is -2.46. The highest BCUT2D eigenvalue weighted by Gasteiger charge is 2.32. The van der Waals surface area contributed by atoms with Gasteiger partial charge in [-0.2, -0.15) is 5.10 Å². The smallest absolute Gasteiger partial charge is 0.289 e. The number of hydrogen-bond acceptors (Lipinski definition) is 4. The highest BCUT2D eigenvalue weighted by molar-refractivity contribution is 5.91. The fourth-order valence-corrected chi connectivity index (χ4v) is 4.80. The summed E-state index contributed by atoms with van der Waals surface area (Å²) in [6.07, 6.45) is 5.97. The van der Waals surface area contributed by atoms with E-state index in [0.29, 0.717) is 31.2 Å². The highest BCUT2D eigenvalue weighted by atomic mass is 19.1. The van der Waals surface area contributed by atoms with Gasteiger partial charge in [-0.25, -0.2) is 4.39 Å². The molecule has 0 saturated carbocycles. The fourth-order valence-electron chi connectivity index (χ4n) is 4.80. The number of furan rings is 1. The van der Waals surface area contributed by atoms with E-state index in [1.54, 1.807) is 18.2 Å². The summed E-state index contributed by atoms with van der Waals surface area (Å²) >= 11 is 0. The predicted molar refractivity (Wildman–Crippen MR) is 121 cm³/mol. The summed E-state index contributed by atoms with van der Waals surface area (Å²) < 4.78 is 21.6. The van der Waals surface area contributed by atoms with Gasteiger partial charge in [0.2, 0.25) is 0 Å². The number of nitrogens with zero attached hydrogens (tertiary/aromatic N) is 4. The molecular formula is C25H31FN4O2. The van der Waals surface area contributed by atoms with Gasteiger partial charge in [-0.1, -0.05) is 18.2 Å². The SMILES string of the molecule is Cc1nn(C)cc1CN(C)C(Cc1ccccc1F)C1CCN(C(=O)c2ccco2)CC1. The van der Waals surface area contributed by atoms with Crippen LogP contribution in [0.25, 0.3) is 0 Å². The van der Waals surface area contributed by atoms with E-state index in [-0.39, 0.29) is 17.8 Å². The lowest BCUT2D eigenvalue weighted by Gasteiger charge is -2.40. The number of hydrogen-bond donors (Lipinski definition) is 0. The van der Waals surface area contributed by atoms with Gasteiger partial charge < -0.3 is 9.32 Å². The highest BCUT2D eigenvalue weighted by Crippen LogP contribution is 2.29. The van der Waals surface area contributed by atoms with Crippen LogP contribution in [0.3, 0.4) is 0 Å². The first-order valence-corrected chi connectivity index (χ1v) is 11.2. The number of carbonyl (C=O) groups excluding carboxylic acids is 1. The molecule has 7 heteroatoms. The third kappa shape index (κ3) is 4.93. The van der Waals surface area contributed by atoms with Gasteiger partial charge >= 0.3 is 0 Å². The van der Waals surface area contributed by atoms with E-state index in [9.17, 15) is 9.18 Å². The Kier molecular flexibility index (Phi) is 6.74. The van der Waals surface area contributed by atoms with E-state index in [4.69, 9.17) is 4.42 Å². The molecule has 1 aromatic carbocycles. The van der Waals surface area contributed by atoms with Gasteiger partial charge in [0.05, 0.1) is 12.0 Å². The lowest BCUT2D eigenvalue weighted by molar-refractivity contribution is 0.0573. The zero-order valence-corrected chi connectivity index (χ0v) is 19.0. The quantitative estimate of drug-likeness (QED) is 0.558. The van der Waals surface area contributed by atoms with Crippen molar-refractivity contribution in [2.45, 2.75) is 38.8 Å². The molecule has 0 N–H and O–H groups in total. The molecule has 0 radical (unpaired) electrons. The maximum atomic E-state index is 14.5. The lowest BCUT2D eigenvalue weighted by atomic mass is 9.84. The molecule has 3 aromatic rings. The van der Waals surface area contributed by atoms with Crippen molar-refractivity contribution in [3.05, 3.63) is 77.3 Å². The van der Waals surface area contributed by atoms with Crippen molar-refractivity contribution in [1.29, 1.82) is 0 Å². The predicted octanol–water partition coefficient (Wildman–Crippen LogP) is 4.06. The molecule has 4 rings (SSSR count). The van der Waals surface area contributed by atoms with E-state index in [1.165, 1.54) is 17.9 Å². The minimum atomic E-state index is -0.158. The van der Waals surface area contributed by atoms with Crippen molar-refractivity contribution in [2.24, 2.45) is 13.0 Å². The molecule has 0 aliphatic carbocycles. The molecule has 1 unspecified atom stereocenters. The van der Waals surface area contributed by atoms with Crippen molar-refractivity contribution in [2.75, 3.05) is 20.1 Å². The summed E-state index contributed by atoms with van der Waals surface area (Å²) in [7, 11) is 4.04. The molecule has 1 amide bonds. The number of likely N-dealkylation sites (N-methyl/N-ethyl adjacent to an activating group) is 1. The first-order chi connectivity index (χ1) is 15.4. The maximum absolute atomic E-state index is 14.5. The Hall–Kier alpha value is -2.93. The largest absolute Gasteiger partial charge is 0.459 e. The first kappa shape index (κ1) is 22.3. The van der Waals surface area contributed by atoms with E-state index < -0.39 is 0 Å². The number of carbonyl (C=O) groups is 1. The van der Waals surface area contributed by atoms with Crippen LogP contribution in [0, 0.1) is 18.7 Å². The molecular weight excluding hydrogens is 407 g/mol. The van der Waals surface area contributed by atoms with Crippen LogP contribution in [0.15, 0.2) is 53.3 Å². The van der Waals surface area contributed by atoms with Crippen LogP contribution in [0.4, 0.5) is 4.39 Å². The number of piperidine rings is 1. The van der Waals surface area contributed by atoms with Gasteiger partial charge in [0.25, 0.3) is 5.91 Å². The monoisotopic (exact) mass is 438 g/mol. The van der Waals surface area contributed by atoms with Gasteiger partial charge in [0.1, 0.15) is 5.82 Å². The Morgan fingerprint density at radius 3 is 2.59 bits per heavy atom. The topological polar surface area (TPSA) is 54.5 Å². The average Bonchev–Trinajstić information content (AvgIpc) is 3.42. The minimum absolute atomic E-state index is 0.0570. The van der Waals surface area contributed by atoms with Crippen molar-refractivity contribution >= 4 is 5.91 Å². The van der Waals surface area contributed by atoms with E-state index in [2.05, 4.69) is 23.2 Å². The van der Waals surface area contributed by atoms with Gasteiger partial charge in [0.15, 0.2) is 5.76 Å². The Morgan fingerprint density at radius 2 is 1.97 bits per heavy atom. The summed E-state index contributed by atoms with van der Waals surface area (Å²) in [4.78, 5) is 16.8. The van der Waals surface area contributed by atoms with Crippen LogP contribution in [0.2, 0.25) is 0 Å². The number of aryl methyl sites for hydroxylation is 2. The van der Waals surface area contributed by atoms with E-state index in [1.807, 2.05) is 35.7 Å². The molecule has 32 heavy (non-hydrogen) atoms. The van der Waals surface area contributed by atoms with E-state index >= 15 is 0 Å². The molecule has 0 bridgehead atoms. The summed E-state index contributed by atoms with van der Waals surface area (Å²) in [5, 5.41) is 4.46. The van der Waals surface area contributed by atoms with Gasteiger partial charge in [-0.05, 0) is 62.9 Å². The second kappa shape index (κ2) is 9.69. The van der Waals surface area contributed by atoms with Crippen LogP contribution in [0.5, 0.6) is 0 Å². The molecule has 3 heterocycles. The summed E-state index contributed by atoms with van der Waals surface area (Å²) in [6, 6.07) is 10.6. The molecule has 1 saturated heterocycles. The average molecular weight is 439 g/mol. The molecule has 2 aromatic heterocycles. The number of amides is 1. The van der Waals surface area contributed by atoms with Crippen LogP contribution in [-0.4, -0.2) is 51.7 Å². The Labute approximate surface area is 188 Å². The fraction of sp³-hybridized carbons (Fsp3) is 0.440.